The Balaban J connectivity index is 0.00000176. The first kappa shape index (κ1) is 24.7. The van der Waals surface area contributed by atoms with Crippen molar-refractivity contribution < 1.29 is 24.5 Å². The molecule has 2 aromatic carbocycles. The zero-order valence-corrected chi connectivity index (χ0v) is 20.8. The number of hydrogen-bond acceptors (Lipinski definition) is 1. The fourth-order valence-corrected chi connectivity index (χ4v) is 4.33. The summed E-state index contributed by atoms with van der Waals surface area (Å²) in [6, 6.07) is 11.0. The fourth-order valence-electron chi connectivity index (χ4n) is 2.90. The van der Waals surface area contributed by atoms with Crippen LogP contribution >= 0.6 is 17.9 Å². The molecule has 0 fully saturated rings. The van der Waals surface area contributed by atoms with Gasteiger partial charge in [0, 0.05) is 10.9 Å². The van der Waals surface area contributed by atoms with Crippen LogP contribution in [0.2, 0.25) is 0 Å². The van der Waals surface area contributed by atoms with E-state index in [4.69, 9.17) is 0 Å². The number of rotatable bonds is 5. The standard InChI is InChI=1S/C22H31NOP.ClH.Ti/c1-14(2)23-13-17-10-8-9-16(4)21(17)25-19-12-15(3)11-18(20(19)24)22(5,6)7;;/h8-12,14,24-25H,13H2,1-7H3;1H;/q-1;;+2/p-1. The van der Waals surface area contributed by atoms with Crippen molar-refractivity contribution >= 4 is 28.5 Å². The van der Waals surface area contributed by atoms with Gasteiger partial charge in [0.05, 0.1) is 0 Å². The minimum atomic E-state index is -0.0725. The number of benzene rings is 2. The topological polar surface area (TPSA) is 34.3 Å². The maximum atomic E-state index is 10.9. The van der Waals surface area contributed by atoms with Gasteiger partial charge in [-0.25, -0.2) is 0 Å². The number of aryl methyl sites for hydroxylation is 2. The second-order valence-corrected chi connectivity index (χ2v) is 9.42. The molecule has 0 saturated carbocycles. The van der Waals surface area contributed by atoms with Crippen LogP contribution in [-0.2, 0) is 31.3 Å². The van der Waals surface area contributed by atoms with E-state index < -0.39 is 0 Å². The zero-order chi connectivity index (χ0) is 20.8. The Labute approximate surface area is 182 Å². The van der Waals surface area contributed by atoms with Gasteiger partial charge < -0.3 is 10.4 Å². The van der Waals surface area contributed by atoms with Crippen molar-refractivity contribution in [3.8, 4) is 5.75 Å². The van der Waals surface area contributed by atoms with Crippen LogP contribution in [0, 0.1) is 13.8 Å². The van der Waals surface area contributed by atoms with Crippen molar-refractivity contribution in [1.29, 1.82) is 0 Å². The summed E-state index contributed by atoms with van der Waals surface area (Å²) in [5.74, 6) is 0.450. The van der Waals surface area contributed by atoms with Crippen LogP contribution in [0.25, 0.3) is 5.32 Å². The molecule has 5 heteroatoms. The molecule has 0 aliphatic heterocycles. The van der Waals surface area contributed by atoms with E-state index in [0.717, 1.165) is 17.4 Å². The van der Waals surface area contributed by atoms with Gasteiger partial charge in [0.15, 0.2) is 0 Å². The molecule has 1 atom stereocenters. The number of halogens is 1. The van der Waals surface area contributed by atoms with Crippen LogP contribution < -0.4 is 10.6 Å². The van der Waals surface area contributed by atoms with E-state index in [0.29, 0.717) is 20.4 Å². The SMILES string of the molecule is Cc1cc(Pc2c(C)cccc2C[N-]C(C)C)c(O)c(C(C)(C)C)c1.[Cl][Ti+]. The van der Waals surface area contributed by atoms with E-state index in [9.17, 15) is 5.11 Å². The fraction of sp³-hybridized carbons (Fsp3) is 0.455. The Morgan fingerprint density at radius 3 is 2.33 bits per heavy atom. The van der Waals surface area contributed by atoms with Crippen LogP contribution in [0.1, 0.15) is 56.9 Å². The van der Waals surface area contributed by atoms with Crippen LogP contribution in [0.4, 0.5) is 0 Å². The first-order valence-corrected chi connectivity index (χ1v) is 12.3. The first-order valence-electron chi connectivity index (χ1n) is 9.14. The first-order chi connectivity index (χ1) is 12.6. The monoisotopic (exact) mass is 439 g/mol. The van der Waals surface area contributed by atoms with E-state index in [1.54, 1.807) is 0 Å². The molecule has 0 saturated heterocycles. The average Bonchev–Trinajstić information content (AvgIpc) is 2.58. The molecular weight excluding hydrogens is 409 g/mol. The molecule has 0 heterocycles. The van der Waals surface area contributed by atoms with Gasteiger partial charge in [-0.15, -0.1) is 12.6 Å². The van der Waals surface area contributed by atoms with Crippen molar-refractivity contribution in [2.24, 2.45) is 0 Å². The number of phenolic OH excluding ortho intramolecular Hbond substituents is 1. The average molecular weight is 440 g/mol. The Bertz CT molecular complexity index is 757. The van der Waals surface area contributed by atoms with Crippen molar-refractivity contribution in [2.75, 3.05) is 0 Å². The third kappa shape index (κ3) is 7.19. The maximum absolute atomic E-state index is 10.9. The molecule has 0 radical (unpaired) electrons. The predicted molar refractivity (Wildman–Crippen MR) is 118 cm³/mol. The third-order valence-corrected chi connectivity index (χ3v) is 5.92. The number of hydrogen-bond donors (Lipinski definition) is 1. The van der Waals surface area contributed by atoms with Gasteiger partial charge in [0.1, 0.15) is 5.75 Å². The van der Waals surface area contributed by atoms with Gasteiger partial charge in [-0.1, -0.05) is 73.0 Å². The van der Waals surface area contributed by atoms with Gasteiger partial charge in [-0.05, 0) is 41.8 Å². The Kier molecular flexibility index (Phi) is 10.0. The summed E-state index contributed by atoms with van der Waals surface area (Å²) in [6.45, 7) is 15.7. The molecule has 1 unspecified atom stereocenters. The second-order valence-electron chi connectivity index (χ2n) is 8.13. The summed E-state index contributed by atoms with van der Waals surface area (Å²) < 4.78 is 0. The van der Waals surface area contributed by atoms with Crippen molar-refractivity contribution in [3.05, 3.63) is 57.9 Å². The molecule has 0 spiro atoms. The summed E-state index contributed by atoms with van der Waals surface area (Å²) >= 11 is 1.47. The van der Waals surface area contributed by atoms with Gasteiger partial charge >= 0.3 is 28.7 Å². The normalized spacial score (nSPS) is 11.7. The Morgan fingerprint density at radius 1 is 1.15 bits per heavy atom. The van der Waals surface area contributed by atoms with E-state index >= 15 is 0 Å². The van der Waals surface area contributed by atoms with E-state index in [2.05, 4.69) is 93.4 Å². The van der Waals surface area contributed by atoms with Gasteiger partial charge in [-0.3, -0.25) is 0 Å². The Hall–Kier alpha value is -0.366. The van der Waals surface area contributed by atoms with E-state index in [1.165, 1.54) is 41.4 Å². The van der Waals surface area contributed by atoms with E-state index in [-0.39, 0.29) is 5.41 Å². The van der Waals surface area contributed by atoms with Crippen LogP contribution in [0.3, 0.4) is 0 Å². The van der Waals surface area contributed by atoms with Gasteiger partial charge in [0.25, 0.3) is 0 Å². The molecule has 0 aliphatic carbocycles. The molecule has 2 nitrogen and oxygen atoms in total. The summed E-state index contributed by atoms with van der Waals surface area (Å²) in [5.41, 5.74) is 4.69. The summed E-state index contributed by atoms with van der Waals surface area (Å²) in [5, 5.41) is 17.9. The molecule has 1 N–H and O–H groups in total. The van der Waals surface area contributed by atoms with Gasteiger partial charge in [-0.2, -0.15) is 0 Å². The third-order valence-electron chi connectivity index (χ3n) is 4.31. The summed E-state index contributed by atoms with van der Waals surface area (Å²) in [7, 11) is 5.08. The molecule has 0 bridgehead atoms. The number of phenols is 1. The minimum absolute atomic E-state index is 0.0725. The molecular formula is C22H31ClNOPTi. The van der Waals surface area contributed by atoms with Crippen molar-refractivity contribution in [3.63, 3.8) is 0 Å². The molecule has 0 amide bonds. The molecule has 0 aliphatic rings. The van der Waals surface area contributed by atoms with Gasteiger partial charge in [0.2, 0.25) is 0 Å². The Morgan fingerprint density at radius 2 is 1.78 bits per heavy atom. The number of nitrogens with zero attached hydrogens (tertiary/aromatic N) is 1. The number of aromatic hydroxyl groups is 1. The molecule has 2 aromatic rings. The predicted octanol–water partition coefficient (Wildman–Crippen LogP) is 5.90. The van der Waals surface area contributed by atoms with E-state index in [1.807, 2.05) is 0 Å². The van der Waals surface area contributed by atoms with Crippen molar-refractivity contribution in [1.82, 2.24) is 0 Å². The summed E-state index contributed by atoms with van der Waals surface area (Å²) in [6.07, 6.45) is 0. The van der Waals surface area contributed by atoms with Crippen molar-refractivity contribution in [2.45, 2.75) is 66.5 Å². The van der Waals surface area contributed by atoms with Crippen LogP contribution in [0.15, 0.2) is 30.3 Å². The second kappa shape index (κ2) is 11.0. The zero-order valence-electron chi connectivity index (χ0n) is 17.4. The summed E-state index contributed by atoms with van der Waals surface area (Å²) in [4.78, 5) is 0. The van der Waals surface area contributed by atoms with Crippen LogP contribution in [0.5, 0.6) is 5.75 Å². The molecule has 146 valence electrons. The molecule has 2 rings (SSSR count). The quantitative estimate of drug-likeness (QED) is 0.456. The molecule has 0 aromatic heterocycles. The molecule has 27 heavy (non-hydrogen) atoms. The van der Waals surface area contributed by atoms with Crippen LogP contribution in [-0.4, -0.2) is 11.1 Å².